The van der Waals surface area contributed by atoms with Gasteiger partial charge in [-0.3, -0.25) is 19.8 Å². The van der Waals surface area contributed by atoms with E-state index in [0.717, 1.165) is 45.9 Å². The molecule has 2 saturated heterocycles. The van der Waals surface area contributed by atoms with Gasteiger partial charge in [0.25, 0.3) is 0 Å². The summed E-state index contributed by atoms with van der Waals surface area (Å²) in [7, 11) is 0. The van der Waals surface area contributed by atoms with E-state index in [-0.39, 0.29) is 0 Å². The number of aromatic nitrogens is 2. The molecule has 2 aromatic heterocycles. The predicted octanol–water partition coefficient (Wildman–Crippen LogP) is 2.20. The molecule has 132 valence electrons. The molecule has 5 heteroatoms. The molecular weight excluding hydrogens is 312 g/mol. The molecule has 0 spiro atoms. The van der Waals surface area contributed by atoms with Gasteiger partial charge in [0.05, 0.1) is 12.7 Å². The highest BCUT2D eigenvalue weighted by Crippen LogP contribution is 2.25. The SMILES string of the molecule is c1cc(CN2CCO[C@@H]3CN(Cc4ccncc4)CC[C@@H]3C2)ccn1. The van der Waals surface area contributed by atoms with E-state index < -0.39 is 0 Å². The molecule has 2 atom stereocenters. The van der Waals surface area contributed by atoms with E-state index in [1.165, 1.54) is 17.5 Å². The third kappa shape index (κ3) is 4.42. The van der Waals surface area contributed by atoms with Crippen molar-refractivity contribution in [2.45, 2.75) is 25.6 Å². The second kappa shape index (κ2) is 8.04. The van der Waals surface area contributed by atoms with E-state index in [2.05, 4.69) is 44.0 Å². The molecule has 0 radical (unpaired) electrons. The van der Waals surface area contributed by atoms with E-state index in [1.807, 2.05) is 24.8 Å². The van der Waals surface area contributed by atoms with Crippen molar-refractivity contribution < 1.29 is 4.74 Å². The summed E-state index contributed by atoms with van der Waals surface area (Å²) in [6.45, 7) is 7.16. The van der Waals surface area contributed by atoms with Gasteiger partial charge in [0.15, 0.2) is 0 Å². The predicted molar refractivity (Wildman–Crippen MR) is 96.9 cm³/mol. The number of rotatable bonds is 4. The number of pyridine rings is 2. The first-order valence-electron chi connectivity index (χ1n) is 9.21. The van der Waals surface area contributed by atoms with E-state index in [0.29, 0.717) is 12.0 Å². The summed E-state index contributed by atoms with van der Waals surface area (Å²) in [6.07, 6.45) is 9.08. The van der Waals surface area contributed by atoms with Gasteiger partial charge in [-0.2, -0.15) is 0 Å². The van der Waals surface area contributed by atoms with Crippen molar-refractivity contribution in [3.05, 3.63) is 60.2 Å². The molecule has 2 aliphatic rings. The van der Waals surface area contributed by atoms with Crippen LogP contribution in [0, 0.1) is 5.92 Å². The quantitative estimate of drug-likeness (QED) is 0.855. The fourth-order valence-electron chi connectivity index (χ4n) is 3.96. The largest absolute Gasteiger partial charge is 0.375 e. The normalized spacial score (nSPS) is 25.3. The standard InChI is InChI=1S/C20H26N4O/c1-6-21-7-2-17(1)13-23-10-5-19-15-24(11-12-25-20(19)16-23)14-18-3-8-22-9-4-18/h1-4,6-9,19-20H,5,10-16H2/t19-,20-/m1/s1. The second-order valence-electron chi connectivity index (χ2n) is 7.14. The maximum absolute atomic E-state index is 6.23. The van der Waals surface area contributed by atoms with Crippen LogP contribution < -0.4 is 0 Å². The molecule has 0 bridgehead atoms. The average molecular weight is 338 g/mol. The summed E-state index contributed by atoms with van der Waals surface area (Å²) in [5.41, 5.74) is 2.67. The minimum absolute atomic E-state index is 0.359. The van der Waals surface area contributed by atoms with E-state index >= 15 is 0 Å². The number of piperidine rings is 1. The maximum Gasteiger partial charge on any atom is 0.0743 e. The molecule has 0 N–H and O–H groups in total. The van der Waals surface area contributed by atoms with Crippen LogP contribution in [0.3, 0.4) is 0 Å². The Balaban J connectivity index is 1.34. The van der Waals surface area contributed by atoms with Crippen LogP contribution in [0.2, 0.25) is 0 Å². The van der Waals surface area contributed by atoms with Gasteiger partial charge >= 0.3 is 0 Å². The van der Waals surface area contributed by atoms with Gasteiger partial charge in [-0.05, 0) is 48.4 Å². The van der Waals surface area contributed by atoms with Gasteiger partial charge in [0, 0.05) is 63.4 Å². The lowest BCUT2D eigenvalue weighted by atomic mass is 9.93. The van der Waals surface area contributed by atoms with E-state index in [9.17, 15) is 0 Å². The Morgan fingerprint density at radius 2 is 1.44 bits per heavy atom. The molecule has 2 aromatic rings. The summed E-state index contributed by atoms with van der Waals surface area (Å²) in [4.78, 5) is 13.3. The first-order chi connectivity index (χ1) is 12.4. The summed E-state index contributed by atoms with van der Waals surface area (Å²) in [5.74, 6) is 0.637. The lowest BCUT2D eigenvalue weighted by Gasteiger charge is -2.38. The molecular formula is C20H26N4O. The van der Waals surface area contributed by atoms with Gasteiger partial charge in [-0.25, -0.2) is 0 Å². The lowest BCUT2D eigenvalue weighted by Crippen LogP contribution is -2.46. The fourth-order valence-corrected chi connectivity index (χ4v) is 3.96. The molecule has 2 aliphatic heterocycles. The van der Waals surface area contributed by atoms with E-state index in [4.69, 9.17) is 4.74 Å². The number of likely N-dealkylation sites (tertiary alicyclic amines) is 1. The Bertz CT molecular complexity index is 651. The number of hydrogen-bond acceptors (Lipinski definition) is 5. The Hall–Kier alpha value is -1.82. The van der Waals surface area contributed by atoms with Crippen molar-refractivity contribution in [2.75, 3.05) is 32.8 Å². The smallest absolute Gasteiger partial charge is 0.0743 e. The summed E-state index contributed by atoms with van der Waals surface area (Å²) < 4.78 is 6.23. The fraction of sp³-hybridized carbons (Fsp3) is 0.500. The van der Waals surface area contributed by atoms with Gasteiger partial charge in [-0.1, -0.05) is 0 Å². The molecule has 0 amide bonds. The Kier molecular flexibility index (Phi) is 5.35. The minimum Gasteiger partial charge on any atom is -0.375 e. The number of nitrogens with zero attached hydrogens (tertiary/aromatic N) is 4. The molecule has 0 unspecified atom stereocenters. The molecule has 0 aliphatic carbocycles. The van der Waals surface area contributed by atoms with Gasteiger partial charge in [0.1, 0.15) is 0 Å². The number of hydrogen-bond donors (Lipinski definition) is 0. The molecule has 4 heterocycles. The Labute approximate surface area is 149 Å². The molecule has 0 saturated carbocycles. The molecule has 0 aromatic carbocycles. The number of ether oxygens (including phenoxy) is 1. The molecule has 5 nitrogen and oxygen atoms in total. The van der Waals surface area contributed by atoms with Crippen molar-refractivity contribution in [2.24, 2.45) is 5.92 Å². The Morgan fingerprint density at radius 1 is 0.840 bits per heavy atom. The van der Waals surface area contributed by atoms with Crippen molar-refractivity contribution in [1.82, 2.24) is 19.8 Å². The molecule has 4 rings (SSSR count). The zero-order chi connectivity index (χ0) is 16.9. The monoisotopic (exact) mass is 338 g/mol. The first-order valence-corrected chi connectivity index (χ1v) is 9.21. The third-order valence-electron chi connectivity index (χ3n) is 5.32. The lowest BCUT2D eigenvalue weighted by molar-refractivity contribution is -0.0242. The highest BCUT2D eigenvalue weighted by Gasteiger charge is 2.33. The van der Waals surface area contributed by atoms with Crippen LogP contribution in [0.5, 0.6) is 0 Å². The maximum atomic E-state index is 6.23. The second-order valence-corrected chi connectivity index (χ2v) is 7.14. The van der Waals surface area contributed by atoms with Gasteiger partial charge < -0.3 is 4.74 Å². The van der Waals surface area contributed by atoms with E-state index in [1.54, 1.807) is 0 Å². The molecule has 25 heavy (non-hydrogen) atoms. The van der Waals surface area contributed by atoms with Crippen LogP contribution in [0.25, 0.3) is 0 Å². The van der Waals surface area contributed by atoms with Crippen LogP contribution in [-0.4, -0.2) is 58.7 Å². The van der Waals surface area contributed by atoms with Crippen molar-refractivity contribution in [3.8, 4) is 0 Å². The summed E-state index contributed by atoms with van der Waals surface area (Å²) in [6, 6.07) is 8.44. The highest BCUT2D eigenvalue weighted by molar-refractivity contribution is 5.10. The number of fused-ring (bicyclic) bond motifs is 1. The third-order valence-corrected chi connectivity index (χ3v) is 5.32. The summed E-state index contributed by atoms with van der Waals surface area (Å²) in [5, 5.41) is 0. The zero-order valence-electron chi connectivity index (χ0n) is 14.6. The molecule has 2 fully saturated rings. The summed E-state index contributed by atoms with van der Waals surface area (Å²) >= 11 is 0. The van der Waals surface area contributed by atoms with Crippen molar-refractivity contribution in [3.63, 3.8) is 0 Å². The van der Waals surface area contributed by atoms with Crippen LogP contribution in [-0.2, 0) is 17.8 Å². The highest BCUT2D eigenvalue weighted by atomic mass is 16.5. The van der Waals surface area contributed by atoms with Crippen LogP contribution in [0.15, 0.2) is 49.1 Å². The van der Waals surface area contributed by atoms with Gasteiger partial charge in [0.2, 0.25) is 0 Å². The minimum atomic E-state index is 0.359. The van der Waals surface area contributed by atoms with Crippen molar-refractivity contribution in [1.29, 1.82) is 0 Å². The average Bonchev–Trinajstić information content (AvgIpc) is 2.85. The Morgan fingerprint density at radius 3 is 2.08 bits per heavy atom. The van der Waals surface area contributed by atoms with Crippen LogP contribution in [0.1, 0.15) is 17.5 Å². The topological polar surface area (TPSA) is 41.5 Å². The van der Waals surface area contributed by atoms with Crippen LogP contribution in [0.4, 0.5) is 0 Å². The van der Waals surface area contributed by atoms with Crippen LogP contribution >= 0.6 is 0 Å². The van der Waals surface area contributed by atoms with Crippen molar-refractivity contribution >= 4 is 0 Å². The first kappa shape index (κ1) is 16.6. The van der Waals surface area contributed by atoms with Gasteiger partial charge in [-0.15, -0.1) is 0 Å². The zero-order valence-corrected chi connectivity index (χ0v) is 14.6.